The van der Waals surface area contributed by atoms with Gasteiger partial charge in [0.05, 0.1) is 16.8 Å². The van der Waals surface area contributed by atoms with Gasteiger partial charge in [0.25, 0.3) is 0 Å². The summed E-state index contributed by atoms with van der Waals surface area (Å²) in [4.78, 5) is 16.1. The third kappa shape index (κ3) is 4.25. The van der Waals surface area contributed by atoms with Crippen molar-refractivity contribution in [2.75, 3.05) is 13.1 Å². The van der Waals surface area contributed by atoms with E-state index >= 15 is 0 Å². The largest absolute Gasteiger partial charge is 0.473 e. The minimum absolute atomic E-state index is 0.0848. The van der Waals surface area contributed by atoms with Crippen LogP contribution in [0.2, 0.25) is 0 Å². The van der Waals surface area contributed by atoms with E-state index in [1.807, 2.05) is 32.3 Å². The predicted molar refractivity (Wildman–Crippen MR) is 134 cm³/mol. The van der Waals surface area contributed by atoms with Gasteiger partial charge in [-0.1, -0.05) is 13.8 Å². The number of nitrogens with zero attached hydrogens (tertiary/aromatic N) is 5. The van der Waals surface area contributed by atoms with Crippen LogP contribution in [-0.2, 0) is 11.8 Å². The molecule has 2 bridgehead atoms. The molecule has 4 fully saturated rings. The zero-order valence-corrected chi connectivity index (χ0v) is 21.6. The van der Waals surface area contributed by atoms with E-state index in [1.165, 1.54) is 12.8 Å². The van der Waals surface area contributed by atoms with Crippen molar-refractivity contribution in [2.45, 2.75) is 71.8 Å². The average Bonchev–Trinajstić information content (AvgIpc) is 3.45. The van der Waals surface area contributed by atoms with E-state index in [-0.39, 0.29) is 11.5 Å². The number of carbonyl (C=O) groups excluding carboxylic acids is 1. The molecule has 7 heteroatoms. The second-order valence-corrected chi connectivity index (χ2v) is 12.4. The lowest BCUT2D eigenvalue weighted by molar-refractivity contribution is -0.150. The molecule has 3 saturated carbocycles. The van der Waals surface area contributed by atoms with Crippen molar-refractivity contribution < 1.29 is 9.53 Å². The SMILES string of the molecule is Cc1nn(C)cc1-c1ccc(O[C@@H]2C[C@@H]3CN(C(=O)C45CC(C)CC(CC(C)C4)C5)C[C@@H]3C2)nn1. The van der Waals surface area contributed by atoms with Crippen molar-refractivity contribution >= 4 is 5.91 Å². The van der Waals surface area contributed by atoms with Gasteiger partial charge in [-0.25, -0.2) is 0 Å². The lowest BCUT2D eigenvalue weighted by atomic mass is 9.56. The van der Waals surface area contributed by atoms with Crippen molar-refractivity contribution in [3.8, 4) is 17.1 Å². The zero-order valence-electron chi connectivity index (χ0n) is 21.6. The van der Waals surface area contributed by atoms with Gasteiger partial charge >= 0.3 is 0 Å². The van der Waals surface area contributed by atoms with Crippen LogP contribution in [0.4, 0.5) is 0 Å². The molecule has 2 aromatic heterocycles. The highest BCUT2D eigenvalue weighted by atomic mass is 16.5. The molecule has 3 heterocycles. The van der Waals surface area contributed by atoms with E-state index in [4.69, 9.17) is 4.74 Å². The molecule has 2 aromatic rings. The average molecular weight is 478 g/mol. The Bertz CT molecular complexity index is 1060. The van der Waals surface area contributed by atoms with E-state index in [0.29, 0.717) is 35.5 Å². The van der Waals surface area contributed by atoms with Gasteiger partial charge in [0.15, 0.2) is 0 Å². The molecule has 35 heavy (non-hydrogen) atoms. The Morgan fingerprint density at radius 3 is 2.26 bits per heavy atom. The van der Waals surface area contributed by atoms with Crippen LogP contribution in [0.25, 0.3) is 11.3 Å². The first-order valence-electron chi connectivity index (χ1n) is 13.6. The number of likely N-dealkylation sites (tertiary alicyclic amines) is 1. The fraction of sp³-hybridized carbons (Fsp3) is 0.714. The van der Waals surface area contributed by atoms with Crippen LogP contribution in [0.5, 0.6) is 5.88 Å². The van der Waals surface area contributed by atoms with E-state index in [2.05, 4.69) is 34.0 Å². The molecule has 4 aliphatic rings. The molecule has 5 atom stereocenters. The molecule has 1 saturated heterocycles. The molecule has 1 aliphatic heterocycles. The highest BCUT2D eigenvalue weighted by molar-refractivity contribution is 5.83. The monoisotopic (exact) mass is 477 g/mol. The summed E-state index contributed by atoms with van der Waals surface area (Å²) in [6, 6.07) is 3.88. The molecular weight excluding hydrogens is 438 g/mol. The van der Waals surface area contributed by atoms with E-state index in [1.54, 1.807) is 4.68 Å². The number of amides is 1. The summed E-state index contributed by atoms with van der Waals surface area (Å²) >= 11 is 0. The summed E-state index contributed by atoms with van der Waals surface area (Å²) in [5.74, 6) is 4.26. The number of rotatable bonds is 4. The topological polar surface area (TPSA) is 73.1 Å². The summed E-state index contributed by atoms with van der Waals surface area (Å²) in [6.07, 6.45) is 10.1. The minimum atomic E-state index is -0.0848. The van der Waals surface area contributed by atoms with Crippen molar-refractivity contribution in [1.29, 1.82) is 0 Å². The number of carbonyl (C=O) groups is 1. The first-order chi connectivity index (χ1) is 16.8. The standard InChI is InChI=1S/C28H39N5O2/c1-17-7-20-8-18(2)12-28(11-17,13-20)27(34)33-14-21-9-23(10-22(21)15-33)35-26-6-5-25(29-30-26)24-16-32(4)31-19(24)3/h5-6,16-18,20-23H,7-15H2,1-4H3/t17?,18?,20?,21-,22+,23-,28?. The predicted octanol–water partition coefficient (Wildman–Crippen LogP) is 4.65. The lowest BCUT2D eigenvalue weighted by Crippen LogP contribution is -2.50. The Hall–Kier alpha value is -2.44. The number of aromatic nitrogens is 4. The molecular formula is C28H39N5O2. The van der Waals surface area contributed by atoms with Crippen molar-refractivity contribution in [3.05, 3.63) is 24.0 Å². The van der Waals surface area contributed by atoms with Crippen LogP contribution in [0.15, 0.2) is 18.3 Å². The van der Waals surface area contributed by atoms with E-state index in [0.717, 1.165) is 68.1 Å². The fourth-order valence-corrected chi connectivity index (χ4v) is 8.36. The Morgan fingerprint density at radius 1 is 1.00 bits per heavy atom. The maximum Gasteiger partial charge on any atom is 0.233 e. The Labute approximate surface area is 208 Å². The first kappa shape index (κ1) is 23.0. The molecule has 6 rings (SSSR count). The first-order valence-corrected chi connectivity index (χ1v) is 13.6. The Morgan fingerprint density at radius 2 is 1.69 bits per heavy atom. The number of aryl methyl sites for hydroxylation is 2. The molecule has 0 radical (unpaired) electrons. The van der Waals surface area contributed by atoms with Crippen molar-refractivity contribution in [1.82, 2.24) is 24.9 Å². The third-order valence-electron chi connectivity index (χ3n) is 9.29. The van der Waals surface area contributed by atoms with Crippen LogP contribution < -0.4 is 4.74 Å². The molecule has 2 unspecified atom stereocenters. The number of ether oxygens (including phenoxy) is 1. The second kappa shape index (κ2) is 8.59. The molecule has 0 aromatic carbocycles. The van der Waals surface area contributed by atoms with Crippen LogP contribution in [-0.4, -0.2) is 50.0 Å². The van der Waals surface area contributed by atoms with E-state index < -0.39 is 0 Å². The molecule has 3 aliphatic carbocycles. The normalized spacial score (nSPS) is 36.3. The molecule has 7 nitrogen and oxygen atoms in total. The fourth-order valence-electron chi connectivity index (χ4n) is 8.36. The zero-order chi connectivity index (χ0) is 24.3. The number of fused-ring (bicyclic) bond motifs is 3. The third-order valence-corrected chi connectivity index (χ3v) is 9.29. The number of hydrogen-bond acceptors (Lipinski definition) is 5. The van der Waals surface area contributed by atoms with Crippen LogP contribution in [0, 0.1) is 41.9 Å². The van der Waals surface area contributed by atoms with E-state index in [9.17, 15) is 4.79 Å². The highest BCUT2D eigenvalue weighted by Crippen LogP contribution is 2.54. The minimum Gasteiger partial charge on any atom is -0.473 e. The van der Waals surface area contributed by atoms with Crippen molar-refractivity contribution in [3.63, 3.8) is 0 Å². The molecule has 0 N–H and O–H groups in total. The lowest BCUT2D eigenvalue weighted by Gasteiger charge is -2.50. The van der Waals surface area contributed by atoms with Crippen LogP contribution >= 0.6 is 0 Å². The highest BCUT2D eigenvalue weighted by Gasteiger charge is 2.53. The maximum absolute atomic E-state index is 13.9. The summed E-state index contributed by atoms with van der Waals surface area (Å²) in [5, 5.41) is 13.1. The van der Waals surface area contributed by atoms with Gasteiger partial charge in [-0.3, -0.25) is 9.48 Å². The summed E-state index contributed by atoms with van der Waals surface area (Å²) < 4.78 is 8.04. The Balaban J connectivity index is 1.07. The maximum atomic E-state index is 13.9. The number of hydrogen-bond donors (Lipinski definition) is 0. The second-order valence-electron chi connectivity index (χ2n) is 12.4. The van der Waals surface area contributed by atoms with Gasteiger partial charge in [0.1, 0.15) is 6.10 Å². The molecule has 1 amide bonds. The molecule has 0 spiro atoms. The quantitative estimate of drug-likeness (QED) is 0.641. The van der Waals surface area contributed by atoms with Gasteiger partial charge in [-0.05, 0) is 87.5 Å². The molecule has 188 valence electrons. The summed E-state index contributed by atoms with van der Waals surface area (Å²) in [5.41, 5.74) is 2.67. The van der Waals surface area contributed by atoms with Crippen LogP contribution in [0.3, 0.4) is 0 Å². The smallest absolute Gasteiger partial charge is 0.233 e. The Kier molecular flexibility index (Phi) is 5.65. The van der Waals surface area contributed by atoms with Gasteiger partial charge in [0, 0.05) is 38.0 Å². The summed E-state index contributed by atoms with van der Waals surface area (Å²) in [6.45, 7) is 8.51. The van der Waals surface area contributed by atoms with Gasteiger partial charge in [-0.15, -0.1) is 10.2 Å². The van der Waals surface area contributed by atoms with Crippen LogP contribution in [0.1, 0.15) is 64.5 Å². The summed E-state index contributed by atoms with van der Waals surface area (Å²) in [7, 11) is 1.91. The van der Waals surface area contributed by atoms with Crippen molar-refractivity contribution in [2.24, 2.45) is 42.1 Å². The van der Waals surface area contributed by atoms with Gasteiger partial charge in [-0.2, -0.15) is 5.10 Å². The van der Waals surface area contributed by atoms with Gasteiger partial charge < -0.3 is 9.64 Å². The van der Waals surface area contributed by atoms with Gasteiger partial charge in [0.2, 0.25) is 11.8 Å².